The van der Waals surface area contributed by atoms with Crippen molar-refractivity contribution in [2.45, 2.75) is 36.4 Å². The summed E-state index contributed by atoms with van der Waals surface area (Å²) in [7, 11) is 0. The van der Waals surface area contributed by atoms with Gasteiger partial charge >= 0.3 is 0 Å². The SMILES string of the molecule is C[C@@H]1S[C@H](CO)C[C@@]1(C)O. The number of hydrogen-bond donors (Lipinski definition) is 2. The zero-order valence-electron chi connectivity index (χ0n) is 6.37. The maximum Gasteiger partial charge on any atom is 0.0746 e. The first-order chi connectivity index (χ1) is 4.56. The van der Waals surface area contributed by atoms with E-state index in [1.807, 2.05) is 13.8 Å². The molecule has 2 nitrogen and oxygen atoms in total. The second kappa shape index (κ2) is 2.72. The maximum absolute atomic E-state index is 9.63. The van der Waals surface area contributed by atoms with Gasteiger partial charge in [-0.2, -0.15) is 0 Å². The number of aliphatic hydroxyl groups excluding tert-OH is 1. The van der Waals surface area contributed by atoms with E-state index in [0.717, 1.165) is 6.42 Å². The topological polar surface area (TPSA) is 40.5 Å². The van der Waals surface area contributed by atoms with Crippen LogP contribution in [-0.2, 0) is 0 Å². The average Bonchev–Trinajstić information content (AvgIpc) is 2.08. The van der Waals surface area contributed by atoms with Crippen molar-refractivity contribution in [3.05, 3.63) is 0 Å². The lowest BCUT2D eigenvalue weighted by Crippen LogP contribution is -2.30. The Kier molecular flexibility index (Phi) is 2.28. The van der Waals surface area contributed by atoms with Gasteiger partial charge < -0.3 is 10.2 Å². The van der Waals surface area contributed by atoms with Crippen LogP contribution in [0.4, 0.5) is 0 Å². The number of aliphatic hydroxyl groups is 2. The lowest BCUT2D eigenvalue weighted by atomic mass is 9.98. The summed E-state index contributed by atoms with van der Waals surface area (Å²) in [6.07, 6.45) is 0.718. The second-order valence-electron chi connectivity index (χ2n) is 3.14. The highest BCUT2D eigenvalue weighted by atomic mass is 32.2. The van der Waals surface area contributed by atoms with Crippen LogP contribution in [0, 0.1) is 0 Å². The molecule has 1 aliphatic heterocycles. The quantitative estimate of drug-likeness (QED) is 0.594. The van der Waals surface area contributed by atoms with Gasteiger partial charge in [0.15, 0.2) is 0 Å². The molecule has 1 aliphatic rings. The van der Waals surface area contributed by atoms with Gasteiger partial charge in [0.1, 0.15) is 0 Å². The summed E-state index contributed by atoms with van der Waals surface area (Å²) in [5.74, 6) is 0. The third-order valence-electron chi connectivity index (χ3n) is 2.12. The van der Waals surface area contributed by atoms with Crippen LogP contribution in [0.25, 0.3) is 0 Å². The van der Waals surface area contributed by atoms with Gasteiger partial charge in [-0.25, -0.2) is 0 Å². The Morgan fingerprint density at radius 1 is 1.70 bits per heavy atom. The van der Waals surface area contributed by atoms with E-state index < -0.39 is 5.60 Å². The third-order valence-corrected chi connectivity index (χ3v) is 3.73. The summed E-state index contributed by atoms with van der Waals surface area (Å²) >= 11 is 1.67. The van der Waals surface area contributed by atoms with Crippen LogP contribution in [0.5, 0.6) is 0 Å². The molecule has 0 amide bonds. The molecule has 1 rings (SSSR count). The Hall–Kier alpha value is 0.270. The van der Waals surface area contributed by atoms with Crippen LogP contribution in [0.15, 0.2) is 0 Å². The minimum atomic E-state index is -0.571. The fourth-order valence-corrected chi connectivity index (χ4v) is 2.70. The highest BCUT2D eigenvalue weighted by Gasteiger charge is 2.39. The molecule has 3 heteroatoms. The van der Waals surface area contributed by atoms with Gasteiger partial charge in [0.25, 0.3) is 0 Å². The van der Waals surface area contributed by atoms with Crippen LogP contribution in [0.3, 0.4) is 0 Å². The standard InChI is InChI=1S/C7H14O2S/c1-5-7(2,9)3-6(4-8)10-5/h5-6,8-9H,3-4H2,1-2H3/t5-,6-,7+/m0/s1. The van der Waals surface area contributed by atoms with E-state index in [1.54, 1.807) is 11.8 Å². The van der Waals surface area contributed by atoms with Crippen LogP contribution in [0.1, 0.15) is 20.3 Å². The zero-order chi connectivity index (χ0) is 7.78. The van der Waals surface area contributed by atoms with Crippen molar-refractivity contribution in [2.75, 3.05) is 6.61 Å². The van der Waals surface area contributed by atoms with Crippen molar-refractivity contribution in [1.82, 2.24) is 0 Å². The molecule has 0 aromatic rings. The summed E-state index contributed by atoms with van der Waals surface area (Å²) in [5, 5.41) is 18.9. The molecule has 10 heavy (non-hydrogen) atoms. The van der Waals surface area contributed by atoms with E-state index in [4.69, 9.17) is 5.11 Å². The van der Waals surface area contributed by atoms with Gasteiger partial charge in [-0.3, -0.25) is 0 Å². The molecule has 0 saturated carbocycles. The Labute approximate surface area is 65.6 Å². The van der Waals surface area contributed by atoms with E-state index in [1.165, 1.54) is 0 Å². The summed E-state index contributed by atoms with van der Waals surface area (Å²) in [6.45, 7) is 4.02. The first-order valence-electron chi connectivity index (χ1n) is 3.55. The lowest BCUT2D eigenvalue weighted by Gasteiger charge is -2.19. The lowest BCUT2D eigenvalue weighted by molar-refractivity contribution is 0.0575. The minimum Gasteiger partial charge on any atom is -0.395 e. The normalized spacial score (nSPS) is 48.0. The molecule has 0 aromatic heterocycles. The molecule has 1 fully saturated rings. The van der Waals surface area contributed by atoms with Crippen molar-refractivity contribution in [1.29, 1.82) is 0 Å². The second-order valence-corrected chi connectivity index (χ2v) is 4.79. The van der Waals surface area contributed by atoms with Crippen LogP contribution in [-0.4, -0.2) is 32.9 Å². The molecule has 3 atom stereocenters. The monoisotopic (exact) mass is 162 g/mol. The number of rotatable bonds is 1. The summed E-state index contributed by atoms with van der Waals surface area (Å²) in [6, 6.07) is 0. The van der Waals surface area contributed by atoms with Gasteiger partial charge in [-0.05, 0) is 13.3 Å². The Bertz CT molecular complexity index is 125. The van der Waals surface area contributed by atoms with Crippen molar-refractivity contribution in [3.8, 4) is 0 Å². The maximum atomic E-state index is 9.63. The first-order valence-corrected chi connectivity index (χ1v) is 4.49. The van der Waals surface area contributed by atoms with Crippen molar-refractivity contribution in [2.24, 2.45) is 0 Å². The van der Waals surface area contributed by atoms with Crippen LogP contribution < -0.4 is 0 Å². The van der Waals surface area contributed by atoms with Gasteiger partial charge in [-0.1, -0.05) is 6.92 Å². The highest BCUT2D eigenvalue weighted by molar-refractivity contribution is 8.00. The molecule has 0 aliphatic carbocycles. The van der Waals surface area contributed by atoms with E-state index >= 15 is 0 Å². The van der Waals surface area contributed by atoms with E-state index in [9.17, 15) is 5.11 Å². The Balaban J connectivity index is 2.53. The summed E-state index contributed by atoms with van der Waals surface area (Å²) in [4.78, 5) is 0. The van der Waals surface area contributed by atoms with Crippen molar-refractivity contribution >= 4 is 11.8 Å². The van der Waals surface area contributed by atoms with E-state index in [0.29, 0.717) is 0 Å². The molecule has 2 N–H and O–H groups in total. The average molecular weight is 162 g/mol. The van der Waals surface area contributed by atoms with E-state index in [2.05, 4.69) is 0 Å². The van der Waals surface area contributed by atoms with Crippen molar-refractivity contribution < 1.29 is 10.2 Å². The van der Waals surface area contributed by atoms with Crippen LogP contribution in [0.2, 0.25) is 0 Å². The predicted molar refractivity (Wildman–Crippen MR) is 43.2 cm³/mol. The van der Waals surface area contributed by atoms with Crippen molar-refractivity contribution in [3.63, 3.8) is 0 Å². The highest BCUT2D eigenvalue weighted by Crippen LogP contribution is 2.40. The number of thioether (sulfide) groups is 1. The molecule has 1 saturated heterocycles. The molecule has 60 valence electrons. The smallest absolute Gasteiger partial charge is 0.0746 e. The summed E-state index contributed by atoms with van der Waals surface area (Å²) < 4.78 is 0. The molecule has 1 heterocycles. The van der Waals surface area contributed by atoms with Gasteiger partial charge in [0.2, 0.25) is 0 Å². The molecule has 0 aromatic carbocycles. The number of hydrogen-bond acceptors (Lipinski definition) is 3. The fraction of sp³-hybridized carbons (Fsp3) is 1.00. The molecular weight excluding hydrogens is 148 g/mol. The molecular formula is C7H14O2S. The first kappa shape index (κ1) is 8.37. The predicted octanol–water partition coefficient (Wildman–Crippen LogP) is 0.624. The zero-order valence-corrected chi connectivity index (χ0v) is 7.19. The van der Waals surface area contributed by atoms with Gasteiger partial charge in [0.05, 0.1) is 12.2 Å². The third kappa shape index (κ3) is 1.47. The Morgan fingerprint density at radius 2 is 2.30 bits per heavy atom. The van der Waals surface area contributed by atoms with Crippen LogP contribution >= 0.6 is 11.8 Å². The fourth-order valence-electron chi connectivity index (χ4n) is 1.22. The largest absolute Gasteiger partial charge is 0.395 e. The minimum absolute atomic E-state index is 0.186. The van der Waals surface area contributed by atoms with Gasteiger partial charge in [-0.15, -0.1) is 11.8 Å². The molecule has 0 radical (unpaired) electrons. The molecule has 0 bridgehead atoms. The summed E-state index contributed by atoms with van der Waals surface area (Å²) in [5.41, 5.74) is -0.571. The Morgan fingerprint density at radius 3 is 2.50 bits per heavy atom. The van der Waals surface area contributed by atoms with Gasteiger partial charge in [0, 0.05) is 10.5 Å². The molecule has 0 spiro atoms. The van der Waals surface area contributed by atoms with E-state index in [-0.39, 0.29) is 17.1 Å². The molecule has 0 unspecified atom stereocenters.